The molecule has 1 aliphatic carbocycles. The fourth-order valence-corrected chi connectivity index (χ4v) is 3.55. The molecule has 0 aromatic carbocycles. The maximum absolute atomic E-state index is 6.43. The van der Waals surface area contributed by atoms with E-state index in [-0.39, 0.29) is 5.54 Å². The van der Waals surface area contributed by atoms with Crippen molar-refractivity contribution in [3.05, 3.63) is 21.3 Å². The highest BCUT2D eigenvalue weighted by Gasteiger charge is 2.30. The first-order valence-corrected chi connectivity index (χ1v) is 6.80. The van der Waals surface area contributed by atoms with Gasteiger partial charge in [-0.2, -0.15) is 0 Å². The molecule has 1 saturated carbocycles. The average Bonchev–Trinajstić information content (AvgIpc) is 2.57. The molecule has 1 fully saturated rings. The first-order chi connectivity index (χ1) is 7.07. The molecule has 1 aromatic rings. The summed E-state index contributed by atoms with van der Waals surface area (Å²) in [5.41, 5.74) is 6.45. The minimum Gasteiger partial charge on any atom is -0.325 e. The molecular weight excluding hydrogens is 226 g/mol. The van der Waals surface area contributed by atoms with E-state index in [2.05, 4.69) is 13.0 Å². The Morgan fingerprint density at radius 2 is 2.13 bits per heavy atom. The number of hydrogen-bond acceptors (Lipinski definition) is 2. The SMILES string of the molecule is CC1CCC(N)(Cc2ccc(Cl)s2)CC1. The zero-order chi connectivity index (χ0) is 10.9. The molecule has 2 N–H and O–H groups in total. The van der Waals surface area contributed by atoms with Gasteiger partial charge in [0.05, 0.1) is 4.34 Å². The molecular formula is C12H18ClNS. The molecule has 1 aromatic heterocycles. The van der Waals surface area contributed by atoms with Crippen molar-refractivity contribution >= 4 is 22.9 Å². The maximum atomic E-state index is 6.43. The van der Waals surface area contributed by atoms with E-state index >= 15 is 0 Å². The van der Waals surface area contributed by atoms with Gasteiger partial charge in [0.25, 0.3) is 0 Å². The molecule has 1 aliphatic rings. The minimum absolute atomic E-state index is 0.0285. The highest BCUT2D eigenvalue weighted by atomic mass is 35.5. The lowest BCUT2D eigenvalue weighted by Crippen LogP contribution is -2.44. The molecule has 0 unspecified atom stereocenters. The first kappa shape index (κ1) is 11.4. The van der Waals surface area contributed by atoms with Crippen LogP contribution in [0.2, 0.25) is 4.34 Å². The molecule has 1 nitrogen and oxygen atoms in total. The minimum atomic E-state index is 0.0285. The summed E-state index contributed by atoms with van der Waals surface area (Å²) in [6, 6.07) is 4.08. The average molecular weight is 244 g/mol. The summed E-state index contributed by atoms with van der Waals surface area (Å²) in [5.74, 6) is 0.855. The highest BCUT2D eigenvalue weighted by molar-refractivity contribution is 7.16. The van der Waals surface area contributed by atoms with Gasteiger partial charge in [0.2, 0.25) is 0 Å². The third-order valence-corrected chi connectivity index (χ3v) is 4.66. The Bertz CT molecular complexity index is 326. The second kappa shape index (κ2) is 4.44. The fraction of sp³-hybridized carbons (Fsp3) is 0.667. The fourth-order valence-electron chi connectivity index (χ4n) is 2.31. The van der Waals surface area contributed by atoms with Crippen LogP contribution < -0.4 is 5.73 Å². The third kappa shape index (κ3) is 2.96. The maximum Gasteiger partial charge on any atom is 0.0931 e. The first-order valence-electron chi connectivity index (χ1n) is 5.60. The van der Waals surface area contributed by atoms with Gasteiger partial charge in [0.15, 0.2) is 0 Å². The Labute approximate surface area is 101 Å². The van der Waals surface area contributed by atoms with Gasteiger partial charge in [0, 0.05) is 10.4 Å². The molecule has 0 atom stereocenters. The van der Waals surface area contributed by atoms with Crippen molar-refractivity contribution in [2.75, 3.05) is 0 Å². The molecule has 1 heterocycles. The molecule has 0 amide bonds. The van der Waals surface area contributed by atoms with Crippen LogP contribution in [0.1, 0.15) is 37.5 Å². The van der Waals surface area contributed by atoms with E-state index in [1.54, 1.807) is 11.3 Å². The number of nitrogens with two attached hydrogens (primary N) is 1. The van der Waals surface area contributed by atoms with Gasteiger partial charge in [-0.05, 0) is 50.2 Å². The summed E-state index contributed by atoms with van der Waals surface area (Å²) in [6.45, 7) is 2.32. The van der Waals surface area contributed by atoms with E-state index in [4.69, 9.17) is 17.3 Å². The number of hydrogen-bond donors (Lipinski definition) is 1. The third-order valence-electron chi connectivity index (χ3n) is 3.43. The number of thiophene rings is 1. The predicted octanol–water partition coefficient (Wildman–Crippen LogP) is 3.85. The summed E-state index contributed by atoms with van der Waals surface area (Å²) in [5, 5.41) is 0. The standard InChI is InChI=1S/C12H18ClNS/c1-9-4-6-12(14,7-5-9)8-10-2-3-11(13)15-10/h2-3,9H,4-8,14H2,1H3. The topological polar surface area (TPSA) is 26.0 Å². The van der Waals surface area contributed by atoms with Gasteiger partial charge in [0.1, 0.15) is 0 Å². The Balaban J connectivity index is 1.99. The van der Waals surface area contributed by atoms with Crippen LogP contribution in [0.25, 0.3) is 0 Å². The smallest absolute Gasteiger partial charge is 0.0931 e. The van der Waals surface area contributed by atoms with Crippen LogP contribution >= 0.6 is 22.9 Å². The molecule has 84 valence electrons. The van der Waals surface area contributed by atoms with E-state index in [0.717, 1.165) is 29.5 Å². The lowest BCUT2D eigenvalue weighted by molar-refractivity contribution is 0.245. The zero-order valence-electron chi connectivity index (χ0n) is 9.13. The Morgan fingerprint density at radius 3 is 2.67 bits per heavy atom. The molecule has 3 heteroatoms. The van der Waals surface area contributed by atoms with Crippen LogP contribution in [0.4, 0.5) is 0 Å². The van der Waals surface area contributed by atoms with Gasteiger partial charge in [-0.3, -0.25) is 0 Å². The summed E-state index contributed by atoms with van der Waals surface area (Å²) >= 11 is 7.59. The van der Waals surface area contributed by atoms with Crippen molar-refractivity contribution in [1.82, 2.24) is 0 Å². The van der Waals surface area contributed by atoms with Gasteiger partial charge in [-0.15, -0.1) is 11.3 Å². The van der Waals surface area contributed by atoms with Gasteiger partial charge >= 0.3 is 0 Å². The quantitative estimate of drug-likeness (QED) is 0.839. The van der Waals surface area contributed by atoms with Crippen molar-refractivity contribution in [1.29, 1.82) is 0 Å². The van der Waals surface area contributed by atoms with Crippen LogP contribution in [-0.2, 0) is 6.42 Å². The van der Waals surface area contributed by atoms with Crippen LogP contribution in [0.5, 0.6) is 0 Å². The van der Waals surface area contributed by atoms with Crippen molar-refractivity contribution in [2.24, 2.45) is 11.7 Å². The molecule has 0 radical (unpaired) electrons. The molecule has 0 aliphatic heterocycles. The Kier molecular flexibility index (Phi) is 3.39. The predicted molar refractivity (Wildman–Crippen MR) is 67.6 cm³/mol. The van der Waals surface area contributed by atoms with Crippen molar-refractivity contribution in [3.8, 4) is 0 Å². The van der Waals surface area contributed by atoms with Crippen molar-refractivity contribution in [2.45, 2.75) is 44.6 Å². The second-order valence-corrected chi connectivity index (χ2v) is 6.73. The zero-order valence-corrected chi connectivity index (χ0v) is 10.7. The largest absolute Gasteiger partial charge is 0.325 e. The van der Waals surface area contributed by atoms with Gasteiger partial charge < -0.3 is 5.73 Å². The van der Waals surface area contributed by atoms with Crippen LogP contribution in [0.15, 0.2) is 12.1 Å². The molecule has 15 heavy (non-hydrogen) atoms. The van der Waals surface area contributed by atoms with E-state index in [1.807, 2.05) is 6.07 Å². The summed E-state index contributed by atoms with van der Waals surface area (Å²) in [4.78, 5) is 1.33. The number of rotatable bonds is 2. The lowest BCUT2D eigenvalue weighted by Gasteiger charge is -2.35. The normalized spacial score (nSPS) is 31.8. The second-order valence-electron chi connectivity index (χ2n) is 4.93. The van der Waals surface area contributed by atoms with Crippen LogP contribution in [0, 0.1) is 5.92 Å². The molecule has 0 spiro atoms. The monoisotopic (exact) mass is 243 g/mol. The molecule has 0 saturated heterocycles. The summed E-state index contributed by atoms with van der Waals surface area (Å²) in [7, 11) is 0. The van der Waals surface area contributed by atoms with E-state index in [0.29, 0.717) is 0 Å². The van der Waals surface area contributed by atoms with Gasteiger partial charge in [-0.1, -0.05) is 18.5 Å². The molecule has 2 rings (SSSR count). The summed E-state index contributed by atoms with van der Waals surface area (Å²) in [6.07, 6.45) is 5.86. The van der Waals surface area contributed by atoms with Crippen LogP contribution in [-0.4, -0.2) is 5.54 Å². The lowest BCUT2D eigenvalue weighted by atomic mass is 9.76. The molecule has 0 bridgehead atoms. The Hall–Kier alpha value is -0.0500. The van der Waals surface area contributed by atoms with E-state index < -0.39 is 0 Å². The highest BCUT2D eigenvalue weighted by Crippen LogP contribution is 2.34. The van der Waals surface area contributed by atoms with Crippen LogP contribution in [0.3, 0.4) is 0 Å². The van der Waals surface area contributed by atoms with Crippen molar-refractivity contribution < 1.29 is 0 Å². The van der Waals surface area contributed by atoms with Gasteiger partial charge in [-0.25, -0.2) is 0 Å². The van der Waals surface area contributed by atoms with E-state index in [9.17, 15) is 0 Å². The van der Waals surface area contributed by atoms with E-state index in [1.165, 1.54) is 17.7 Å². The Morgan fingerprint density at radius 1 is 1.47 bits per heavy atom. The number of halogens is 1. The summed E-state index contributed by atoms with van der Waals surface area (Å²) < 4.78 is 0.873. The van der Waals surface area contributed by atoms with Crippen molar-refractivity contribution in [3.63, 3.8) is 0 Å².